The molecule has 17 heavy (non-hydrogen) atoms. The largest absolute Gasteiger partial charge is 0.342 e. The monoisotopic (exact) mass is 258 g/mol. The summed E-state index contributed by atoms with van der Waals surface area (Å²) in [5, 5.41) is 3.25. The first-order valence-electron chi connectivity index (χ1n) is 6.60. The zero-order valence-electron chi connectivity index (χ0n) is 11.6. The molecule has 0 radical (unpaired) electrons. The van der Waals surface area contributed by atoms with Crippen molar-refractivity contribution in [1.29, 1.82) is 0 Å². The molecule has 1 heterocycles. The molecule has 1 aliphatic heterocycles. The summed E-state index contributed by atoms with van der Waals surface area (Å²) in [4.78, 5) is 14.3. The van der Waals surface area contributed by atoms with E-state index in [9.17, 15) is 4.79 Å². The van der Waals surface area contributed by atoms with Crippen molar-refractivity contribution in [2.45, 2.75) is 38.9 Å². The van der Waals surface area contributed by atoms with E-state index in [0.717, 1.165) is 38.4 Å². The molecule has 1 saturated heterocycles. The standard InChI is InChI=1S/C13H26N2OS/c1-5-14-10-11(2)12(16)15-7-6-13(3,4)17-9-8-15/h11,14H,5-10H2,1-4H3. The van der Waals surface area contributed by atoms with Gasteiger partial charge in [-0.3, -0.25) is 4.79 Å². The normalized spacial score (nSPS) is 22.0. The number of amides is 1. The number of carbonyl (C=O) groups excluding carboxylic acids is 1. The Bertz CT molecular complexity index is 256. The summed E-state index contributed by atoms with van der Waals surface area (Å²) < 4.78 is 0.319. The van der Waals surface area contributed by atoms with Gasteiger partial charge in [-0.2, -0.15) is 11.8 Å². The van der Waals surface area contributed by atoms with Gasteiger partial charge in [0, 0.05) is 36.1 Å². The molecule has 1 aliphatic rings. The number of hydrogen-bond acceptors (Lipinski definition) is 3. The quantitative estimate of drug-likeness (QED) is 0.837. The number of thioether (sulfide) groups is 1. The second-order valence-electron chi connectivity index (χ2n) is 5.39. The average molecular weight is 258 g/mol. The van der Waals surface area contributed by atoms with Crippen LogP contribution in [-0.4, -0.2) is 47.5 Å². The van der Waals surface area contributed by atoms with Crippen molar-refractivity contribution in [3.63, 3.8) is 0 Å². The van der Waals surface area contributed by atoms with E-state index in [1.807, 2.05) is 23.6 Å². The van der Waals surface area contributed by atoms with E-state index in [-0.39, 0.29) is 5.92 Å². The predicted octanol–water partition coefficient (Wildman–Crippen LogP) is 1.98. The zero-order chi connectivity index (χ0) is 12.9. The molecule has 100 valence electrons. The molecule has 0 aromatic rings. The Hall–Kier alpha value is -0.220. The van der Waals surface area contributed by atoms with E-state index in [2.05, 4.69) is 26.1 Å². The molecule has 3 nitrogen and oxygen atoms in total. The minimum Gasteiger partial charge on any atom is -0.342 e. The Balaban J connectivity index is 2.46. The summed E-state index contributed by atoms with van der Waals surface area (Å²) in [5.41, 5.74) is 0. The van der Waals surface area contributed by atoms with Crippen LogP contribution in [0.5, 0.6) is 0 Å². The van der Waals surface area contributed by atoms with Gasteiger partial charge in [0.1, 0.15) is 0 Å². The van der Waals surface area contributed by atoms with Crippen molar-refractivity contribution in [2.24, 2.45) is 5.92 Å². The van der Waals surface area contributed by atoms with Crippen molar-refractivity contribution in [1.82, 2.24) is 10.2 Å². The lowest BCUT2D eigenvalue weighted by Gasteiger charge is -2.25. The maximum atomic E-state index is 12.2. The summed E-state index contributed by atoms with van der Waals surface area (Å²) in [6.45, 7) is 12.2. The minimum absolute atomic E-state index is 0.0983. The molecular formula is C13H26N2OS. The number of hydrogen-bond donors (Lipinski definition) is 1. The minimum atomic E-state index is 0.0983. The highest BCUT2D eigenvalue weighted by molar-refractivity contribution is 8.00. The van der Waals surface area contributed by atoms with Crippen molar-refractivity contribution < 1.29 is 4.79 Å². The van der Waals surface area contributed by atoms with Crippen LogP contribution in [0.1, 0.15) is 34.1 Å². The zero-order valence-corrected chi connectivity index (χ0v) is 12.4. The third kappa shape index (κ3) is 4.88. The number of carbonyl (C=O) groups is 1. The van der Waals surface area contributed by atoms with Gasteiger partial charge >= 0.3 is 0 Å². The van der Waals surface area contributed by atoms with Gasteiger partial charge in [0.2, 0.25) is 5.91 Å². The molecule has 1 atom stereocenters. The second-order valence-corrected chi connectivity index (χ2v) is 7.19. The van der Waals surface area contributed by atoms with Crippen molar-refractivity contribution in [3.8, 4) is 0 Å². The first kappa shape index (κ1) is 14.8. The first-order chi connectivity index (χ1) is 7.96. The highest BCUT2D eigenvalue weighted by Crippen LogP contribution is 2.30. The van der Waals surface area contributed by atoms with Crippen LogP contribution in [0.3, 0.4) is 0 Å². The molecule has 0 saturated carbocycles. The van der Waals surface area contributed by atoms with Crippen LogP contribution in [0.15, 0.2) is 0 Å². The van der Waals surface area contributed by atoms with Gasteiger partial charge in [-0.1, -0.05) is 27.7 Å². The molecule has 1 rings (SSSR count). The van der Waals surface area contributed by atoms with Crippen LogP contribution in [0.25, 0.3) is 0 Å². The maximum Gasteiger partial charge on any atom is 0.226 e. The Morgan fingerprint density at radius 2 is 2.18 bits per heavy atom. The fourth-order valence-electron chi connectivity index (χ4n) is 2.00. The lowest BCUT2D eigenvalue weighted by atomic mass is 10.1. The SMILES string of the molecule is CCNCC(C)C(=O)N1CCSC(C)(C)CC1. The molecule has 0 aliphatic carbocycles. The van der Waals surface area contributed by atoms with E-state index in [0.29, 0.717) is 10.7 Å². The van der Waals surface area contributed by atoms with E-state index in [1.165, 1.54) is 0 Å². The summed E-state index contributed by atoms with van der Waals surface area (Å²) >= 11 is 1.98. The fourth-order valence-corrected chi connectivity index (χ4v) is 3.10. The van der Waals surface area contributed by atoms with Crippen LogP contribution < -0.4 is 5.32 Å². The van der Waals surface area contributed by atoms with E-state index >= 15 is 0 Å². The van der Waals surface area contributed by atoms with E-state index in [1.54, 1.807) is 0 Å². The van der Waals surface area contributed by atoms with Crippen molar-refractivity contribution in [2.75, 3.05) is 31.9 Å². The van der Waals surface area contributed by atoms with Gasteiger partial charge in [-0.15, -0.1) is 0 Å². The third-order valence-electron chi connectivity index (χ3n) is 3.27. The number of nitrogens with one attached hydrogen (secondary N) is 1. The summed E-state index contributed by atoms with van der Waals surface area (Å²) in [6, 6.07) is 0. The van der Waals surface area contributed by atoms with Gasteiger partial charge in [0.25, 0.3) is 0 Å². The van der Waals surface area contributed by atoms with Crippen LogP contribution in [0.2, 0.25) is 0 Å². The molecule has 1 N–H and O–H groups in total. The molecule has 0 bridgehead atoms. The molecule has 1 unspecified atom stereocenters. The van der Waals surface area contributed by atoms with Gasteiger partial charge < -0.3 is 10.2 Å². The van der Waals surface area contributed by atoms with Gasteiger partial charge in [0.15, 0.2) is 0 Å². The molecule has 1 amide bonds. The number of rotatable bonds is 4. The van der Waals surface area contributed by atoms with Crippen LogP contribution in [-0.2, 0) is 4.79 Å². The topological polar surface area (TPSA) is 32.3 Å². The Morgan fingerprint density at radius 1 is 1.47 bits per heavy atom. The molecule has 0 aromatic heterocycles. The average Bonchev–Trinajstić information content (AvgIpc) is 2.46. The molecule has 1 fully saturated rings. The summed E-state index contributed by atoms with van der Waals surface area (Å²) in [5.74, 6) is 1.47. The van der Waals surface area contributed by atoms with E-state index < -0.39 is 0 Å². The third-order valence-corrected chi connectivity index (χ3v) is 4.64. The predicted molar refractivity (Wildman–Crippen MR) is 75.4 cm³/mol. The van der Waals surface area contributed by atoms with Crippen molar-refractivity contribution in [3.05, 3.63) is 0 Å². The summed E-state index contributed by atoms with van der Waals surface area (Å²) in [7, 11) is 0. The Morgan fingerprint density at radius 3 is 2.82 bits per heavy atom. The molecule has 0 spiro atoms. The molecule has 4 heteroatoms. The van der Waals surface area contributed by atoms with Crippen LogP contribution in [0, 0.1) is 5.92 Å². The second kappa shape index (κ2) is 6.64. The Labute approximate surface area is 110 Å². The lowest BCUT2D eigenvalue weighted by molar-refractivity contribution is -0.134. The summed E-state index contributed by atoms with van der Waals surface area (Å²) in [6.07, 6.45) is 1.09. The molecular weight excluding hydrogens is 232 g/mol. The van der Waals surface area contributed by atoms with Crippen molar-refractivity contribution >= 4 is 17.7 Å². The van der Waals surface area contributed by atoms with Crippen LogP contribution in [0.4, 0.5) is 0 Å². The van der Waals surface area contributed by atoms with Gasteiger partial charge in [-0.05, 0) is 13.0 Å². The van der Waals surface area contributed by atoms with Gasteiger partial charge in [0.05, 0.1) is 0 Å². The smallest absolute Gasteiger partial charge is 0.226 e. The number of nitrogens with zero attached hydrogens (tertiary/aromatic N) is 1. The molecule has 0 aromatic carbocycles. The fraction of sp³-hybridized carbons (Fsp3) is 0.923. The van der Waals surface area contributed by atoms with Crippen LogP contribution >= 0.6 is 11.8 Å². The maximum absolute atomic E-state index is 12.2. The highest BCUT2D eigenvalue weighted by atomic mass is 32.2. The van der Waals surface area contributed by atoms with E-state index in [4.69, 9.17) is 0 Å². The van der Waals surface area contributed by atoms with Gasteiger partial charge in [-0.25, -0.2) is 0 Å². The lowest BCUT2D eigenvalue weighted by Crippen LogP contribution is -2.40. The Kier molecular flexibility index (Phi) is 5.80. The highest BCUT2D eigenvalue weighted by Gasteiger charge is 2.27. The first-order valence-corrected chi connectivity index (χ1v) is 7.58.